The van der Waals surface area contributed by atoms with Crippen molar-refractivity contribution in [1.29, 1.82) is 0 Å². The second kappa shape index (κ2) is 9.43. The number of amides is 3. The maximum Gasteiger partial charge on any atom is 0.421 e. The fourth-order valence-electron chi connectivity index (χ4n) is 5.45. The number of anilines is 1. The topological polar surface area (TPSA) is 75.7 Å². The Hall–Kier alpha value is -3.06. The number of nitrogens with one attached hydrogen (secondary N) is 1. The van der Waals surface area contributed by atoms with Crippen LogP contribution in [0.3, 0.4) is 0 Å². The van der Waals surface area contributed by atoms with E-state index in [9.17, 15) is 14.4 Å². The minimum atomic E-state index is -1.41. The summed E-state index contributed by atoms with van der Waals surface area (Å²) in [5, 5.41) is 4.29. The van der Waals surface area contributed by atoms with Crippen LogP contribution in [0.4, 0.5) is 10.5 Å². The summed E-state index contributed by atoms with van der Waals surface area (Å²) in [7, 11) is 0. The van der Waals surface area contributed by atoms with Crippen molar-refractivity contribution in [2.24, 2.45) is 0 Å². The van der Waals surface area contributed by atoms with Gasteiger partial charge in [0.1, 0.15) is 5.41 Å². The van der Waals surface area contributed by atoms with Gasteiger partial charge < -0.3 is 10.1 Å². The Balaban J connectivity index is 1.84. The van der Waals surface area contributed by atoms with Crippen molar-refractivity contribution in [2.45, 2.75) is 30.7 Å². The number of hydrogen-bond donors (Lipinski definition) is 1. The Kier molecular flexibility index (Phi) is 6.45. The van der Waals surface area contributed by atoms with Crippen molar-refractivity contribution in [2.75, 3.05) is 11.5 Å². The summed E-state index contributed by atoms with van der Waals surface area (Å²) in [4.78, 5) is 41.8. The van der Waals surface area contributed by atoms with Crippen molar-refractivity contribution in [3.8, 4) is 0 Å². The molecule has 9 heteroatoms. The van der Waals surface area contributed by atoms with E-state index in [2.05, 4.69) is 5.32 Å². The number of fused-ring (bicyclic) bond motifs is 2. The zero-order valence-corrected chi connectivity index (χ0v) is 21.4. The number of benzene rings is 3. The van der Waals surface area contributed by atoms with Gasteiger partial charge >= 0.3 is 6.09 Å². The molecular formula is C27H21Cl3N2O4. The van der Waals surface area contributed by atoms with Gasteiger partial charge in [-0.25, -0.2) is 9.69 Å². The van der Waals surface area contributed by atoms with Crippen molar-refractivity contribution in [1.82, 2.24) is 5.32 Å². The molecule has 0 radical (unpaired) electrons. The Morgan fingerprint density at radius 1 is 0.972 bits per heavy atom. The quantitative estimate of drug-likeness (QED) is 0.413. The second-order valence-corrected chi connectivity index (χ2v) is 10.0. The first kappa shape index (κ1) is 24.6. The van der Waals surface area contributed by atoms with E-state index in [1.807, 2.05) is 6.07 Å². The van der Waals surface area contributed by atoms with Crippen LogP contribution in [-0.2, 0) is 19.7 Å². The number of carbonyl (C=O) groups excluding carboxylic acids is 3. The maximum absolute atomic E-state index is 14.6. The fourth-order valence-corrected chi connectivity index (χ4v) is 6.02. The molecule has 0 saturated carbocycles. The van der Waals surface area contributed by atoms with Crippen LogP contribution in [-0.4, -0.2) is 24.5 Å². The molecule has 3 atom stereocenters. The number of hydrogen-bond acceptors (Lipinski definition) is 4. The molecule has 0 aromatic heterocycles. The third kappa shape index (κ3) is 3.84. The van der Waals surface area contributed by atoms with Gasteiger partial charge in [0.15, 0.2) is 0 Å². The fraction of sp³-hybridized carbons (Fsp3) is 0.222. The van der Waals surface area contributed by atoms with E-state index in [-0.39, 0.29) is 18.9 Å². The van der Waals surface area contributed by atoms with Gasteiger partial charge in [0.25, 0.3) is 0 Å². The van der Waals surface area contributed by atoms with Gasteiger partial charge in [-0.15, -0.1) is 0 Å². The molecule has 3 unspecified atom stereocenters. The van der Waals surface area contributed by atoms with Crippen LogP contribution < -0.4 is 10.2 Å². The predicted octanol–water partition coefficient (Wildman–Crippen LogP) is 6.43. The maximum atomic E-state index is 14.6. The lowest BCUT2D eigenvalue weighted by Gasteiger charge is -2.46. The van der Waals surface area contributed by atoms with Gasteiger partial charge in [-0.1, -0.05) is 65.1 Å². The van der Waals surface area contributed by atoms with Gasteiger partial charge in [0.05, 0.1) is 18.3 Å². The minimum absolute atomic E-state index is 0.00186. The monoisotopic (exact) mass is 542 g/mol. The van der Waals surface area contributed by atoms with Crippen molar-refractivity contribution in [3.05, 3.63) is 98.5 Å². The summed E-state index contributed by atoms with van der Waals surface area (Å²) in [5.74, 6) is -1.41. The van der Waals surface area contributed by atoms with Gasteiger partial charge in [-0.3, -0.25) is 9.59 Å². The minimum Gasteiger partial charge on any atom is -0.449 e. The summed E-state index contributed by atoms with van der Waals surface area (Å²) in [6, 6.07) is 18.2. The first-order chi connectivity index (χ1) is 17.3. The van der Waals surface area contributed by atoms with E-state index < -0.39 is 29.4 Å². The highest BCUT2D eigenvalue weighted by Crippen LogP contribution is 2.59. The van der Waals surface area contributed by atoms with Crippen molar-refractivity contribution < 1.29 is 19.1 Å². The van der Waals surface area contributed by atoms with Crippen LogP contribution in [0.25, 0.3) is 0 Å². The Morgan fingerprint density at radius 3 is 2.28 bits per heavy atom. The number of carbonyl (C=O) groups is 3. The van der Waals surface area contributed by atoms with E-state index in [1.54, 1.807) is 67.6 Å². The number of halogens is 3. The summed E-state index contributed by atoms with van der Waals surface area (Å²) < 4.78 is 5.26. The predicted molar refractivity (Wildman–Crippen MR) is 139 cm³/mol. The van der Waals surface area contributed by atoms with Gasteiger partial charge in [0, 0.05) is 27.4 Å². The molecule has 184 valence electrons. The average molecular weight is 544 g/mol. The van der Waals surface area contributed by atoms with Crippen LogP contribution in [0, 0.1) is 0 Å². The Labute approximate surface area is 223 Å². The van der Waals surface area contributed by atoms with E-state index >= 15 is 0 Å². The molecule has 3 aromatic rings. The molecule has 0 aliphatic carbocycles. The molecule has 3 aromatic carbocycles. The highest BCUT2D eigenvalue weighted by atomic mass is 35.5. The largest absolute Gasteiger partial charge is 0.449 e. The summed E-state index contributed by atoms with van der Waals surface area (Å²) in [6.07, 6.45) is -0.809. The highest BCUT2D eigenvalue weighted by molar-refractivity contribution is 6.32. The zero-order valence-electron chi connectivity index (χ0n) is 19.1. The lowest BCUT2D eigenvalue weighted by atomic mass is 9.59. The third-order valence-electron chi connectivity index (χ3n) is 6.79. The molecule has 5 rings (SSSR count). The van der Waals surface area contributed by atoms with Gasteiger partial charge in [-0.2, -0.15) is 0 Å². The molecule has 1 saturated heterocycles. The van der Waals surface area contributed by atoms with E-state index in [0.29, 0.717) is 37.4 Å². The van der Waals surface area contributed by atoms with Crippen LogP contribution in [0.2, 0.25) is 15.1 Å². The standard InChI is InChI=1S/C27H21Cl3N2O4/c1-2-36-26(35)32-22-13-19(30)9-10-20(22)27(25(32)34)21(15-5-3-7-17(28)11-15)14-23(33)31-24(27)16-6-4-8-18(29)12-16/h3-13,21,24H,2,14H2,1H3,(H,31,33). The summed E-state index contributed by atoms with van der Waals surface area (Å²) in [6.45, 7) is 1.75. The van der Waals surface area contributed by atoms with E-state index in [0.717, 1.165) is 4.90 Å². The number of rotatable bonds is 3. The molecule has 1 N–H and O–H groups in total. The number of piperidine rings is 1. The molecule has 0 bridgehead atoms. The van der Waals surface area contributed by atoms with Crippen LogP contribution in [0.15, 0.2) is 66.7 Å². The van der Waals surface area contributed by atoms with Crippen molar-refractivity contribution in [3.63, 3.8) is 0 Å². The lowest BCUT2D eigenvalue weighted by Crippen LogP contribution is -2.58. The molecular weight excluding hydrogens is 523 g/mol. The molecule has 2 aliphatic rings. The Bertz CT molecular complexity index is 1340. The van der Waals surface area contributed by atoms with E-state index in [1.165, 1.54) is 0 Å². The zero-order chi connectivity index (χ0) is 25.6. The van der Waals surface area contributed by atoms with Crippen LogP contribution >= 0.6 is 34.8 Å². The third-order valence-corrected chi connectivity index (χ3v) is 7.49. The normalized spacial score (nSPS) is 22.9. The molecule has 6 nitrogen and oxygen atoms in total. The summed E-state index contributed by atoms with van der Waals surface area (Å²) in [5.41, 5.74) is 0.795. The average Bonchev–Trinajstić information content (AvgIpc) is 3.08. The van der Waals surface area contributed by atoms with Crippen molar-refractivity contribution >= 4 is 58.4 Å². The molecule has 2 heterocycles. The number of ether oxygens (including phenoxy) is 1. The molecule has 2 aliphatic heterocycles. The highest BCUT2D eigenvalue weighted by Gasteiger charge is 2.64. The van der Waals surface area contributed by atoms with Gasteiger partial charge in [0.2, 0.25) is 11.8 Å². The second-order valence-electron chi connectivity index (χ2n) is 8.74. The SMILES string of the molecule is CCOC(=O)N1C(=O)C2(c3ccc(Cl)cc31)C(c1cccc(Cl)c1)CC(=O)NC2c1cccc(Cl)c1. The Morgan fingerprint density at radius 2 is 1.61 bits per heavy atom. The molecule has 3 amide bonds. The number of imide groups is 1. The van der Waals surface area contributed by atoms with Crippen LogP contribution in [0.5, 0.6) is 0 Å². The lowest BCUT2D eigenvalue weighted by molar-refractivity contribution is -0.132. The smallest absolute Gasteiger partial charge is 0.421 e. The van der Waals surface area contributed by atoms with Crippen LogP contribution in [0.1, 0.15) is 42.0 Å². The first-order valence-electron chi connectivity index (χ1n) is 11.4. The molecule has 36 heavy (non-hydrogen) atoms. The van der Waals surface area contributed by atoms with E-state index in [4.69, 9.17) is 39.5 Å². The summed E-state index contributed by atoms with van der Waals surface area (Å²) >= 11 is 19.0. The number of nitrogens with zero attached hydrogens (tertiary/aromatic N) is 1. The van der Waals surface area contributed by atoms with Gasteiger partial charge in [-0.05, 0) is 60.0 Å². The molecule has 1 fully saturated rings. The first-order valence-corrected chi connectivity index (χ1v) is 12.5. The molecule has 1 spiro atoms.